The summed E-state index contributed by atoms with van der Waals surface area (Å²) in [5.41, 5.74) is 2.10. The average Bonchev–Trinajstić information content (AvgIpc) is 3.01. The molecule has 0 radical (unpaired) electrons. The Morgan fingerprint density at radius 3 is 2.26 bits per heavy atom. The zero-order valence-corrected chi connectivity index (χ0v) is 19.0. The van der Waals surface area contributed by atoms with Crippen molar-refractivity contribution >= 4 is 28.4 Å². The molecule has 0 aliphatic rings. The fourth-order valence-electron chi connectivity index (χ4n) is 3.95. The molecule has 6 nitrogen and oxygen atoms in total. The second-order valence-electron chi connectivity index (χ2n) is 8.30. The number of carbonyl (C=O) groups is 2. The first-order chi connectivity index (χ1) is 15.9. The predicted octanol–water partition coefficient (Wildman–Crippen LogP) is 5.60. The Balaban J connectivity index is 2.11. The van der Waals surface area contributed by atoms with Gasteiger partial charge in [-0.25, -0.2) is 0 Å². The number of aryl methyl sites for hydroxylation is 2. The molecule has 0 atom stereocenters. The Bertz CT molecular complexity index is 1270. The molecule has 0 bridgehead atoms. The van der Waals surface area contributed by atoms with Crippen molar-refractivity contribution in [2.45, 2.75) is 46.2 Å². The van der Waals surface area contributed by atoms with Crippen LogP contribution < -0.4 is 0 Å². The van der Waals surface area contributed by atoms with Crippen molar-refractivity contribution < 1.29 is 33.0 Å². The minimum absolute atomic E-state index is 0.0499. The van der Waals surface area contributed by atoms with E-state index in [-0.39, 0.29) is 54.3 Å². The number of hydrogen-bond acceptors (Lipinski definition) is 4. The number of carboxylic acid groups (broad SMARTS) is 1. The number of nitrogens with zero attached hydrogens (tertiary/aromatic N) is 2. The smallest absolute Gasteiger partial charge is 0.416 e. The van der Waals surface area contributed by atoms with Crippen molar-refractivity contribution in [1.82, 2.24) is 4.57 Å². The van der Waals surface area contributed by atoms with Gasteiger partial charge in [0.25, 0.3) is 0 Å². The number of aromatic hydroxyl groups is 1. The van der Waals surface area contributed by atoms with Crippen LogP contribution in [0.25, 0.3) is 16.6 Å². The summed E-state index contributed by atoms with van der Waals surface area (Å²) in [4.78, 5) is 26.9. The molecule has 0 saturated carbocycles. The van der Waals surface area contributed by atoms with Crippen LogP contribution >= 0.6 is 0 Å². The van der Waals surface area contributed by atoms with Crippen molar-refractivity contribution in [2.75, 3.05) is 6.54 Å². The third kappa shape index (κ3) is 5.47. The van der Waals surface area contributed by atoms with Crippen LogP contribution in [-0.4, -0.2) is 38.8 Å². The zero-order chi connectivity index (χ0) is 25.2. The number of alkyl halides is 3. The molecule has 3 rings (SSSR count). The van der Waals surface area contributed by atoms with E-state index in [0.29, 0.717) is 11.1 Å². The first-order valence-corrected chi connectivity index (χ1v) is 10.7. The van der Waals surface area contributed by atoms with Crippen molar-refractivity contribution in [2.24, 2.45) is 4.99 Å². The molecule has 2 N–H and O–H groups in total. The number of carbonyl (C=O) groups excluding carboxylic acids is 1. The highest BCUT2D eigenvalue weighted by atomic mass is 19.4. The monoisotopic (exact) mass is 474 g/mol. The number of Topliss-reactive ketones (excluding diaryl/α,β-unsaturated/α-hetero) is 1. The Morgan fingerprint density at radius 2 is 1.68 bits per heavy atom. The lowest BCUT2D eigenvalue weighted by Crippen LogP contribution is -2.07. The second kappa shape index (κ2) is 9.70. The first kappa shape index (κ1) is 25.0. The van der Waals surface area contributed by atoms with Crippen LogP contribution in [-0.2, 0) is 15.8 Å². The number of aliphatic imine (C=N–C) groups is 1. The number of halogens is 3. The standard InChI is InChI=1S/C25H25F3N2O4/c1-14-9-15(2)11-18(10-14)30-21-12-17(25(26,27)28)7-8-20(21)23(24(30)34)16(3)29-13-19(31)5-4-6-22(32)33/h7-12,34H,4-6,13H2,1-3H3,(H,32,33). The van der Waals surface area contributed by atoms with Gasteiger partial charge in [0.2, 0.25) is 5.88 Å². The Hall–Kier alpha value is -3.62. The minimum Gasteiger partial charge on any atom is -0.494 e. The molecule has 0 amide bonds. The molecular formula is C25H25F3N2O4. The molecule has 1 heterocycles. The fourth-order valence-corrected chi connectivity index (χ4v) is 3.95. The number of carboxylic acids is 1. The van der Waals surface area contributed by atoms with Gasteiger partial charge in [0.05, 0.1) is 23.2 Å². The molecule has 0 aliphatic heterocycles. The van der Waals surface area contributed by atoms with Crippen LogP contribution in [0.3, 0.4) is 0 Å². The molecular weight excluding hydrogens is 449 g/mol. The summed E-state index contributed by atoms with van der Waals surface area (Å²) in [7, 11) is 0. The first-order valence-electron chi connectivity index (χ1n) is 10.7. The van der Waals surface area contributed by atoms with E-state index < -0.39 is 17.7 Å². The molecule has 0 aliphatic carbocycles. The third-order valence-electron chi connectivity index (χ3n) is 5.44. The molecule has 2 aromatic carbocycles. The van der Waals surface area contributed by atoms with Crippen LogP contribution in [0.4, 0.5) is 13.2 Å². The molecule has 34 heavy (non-hydrogen) atoms. The van der Waals surface area contributed by atoms with Crippen molar-refractivity contribution in [3.63, 3.8) is 0 Å². The van der Waals surface area contributed by atoms with E-state index >= 15 is 0 Å². The number of aromatic nitrogens is 1. The highest BCUT2D eigenvalue weighted by Gasteiger charge is 2.32. The van der Waals surface area contributed by atoms with Crippen LogP contribution in [0.15, 0.2) is 41.4 Å². The molecule has 1 aromatic heterocycles. The van der Waals surface area contributed by atoms with E-state index in [1.807, 2.05) is 19.9 Å². The molecule has 9 heteroatoms. The normalized spacial score (nSPS) is 12.4. The maximum atomic E-state index is 13.4. The van der Waals surface area contributed by atoms with Crippen molar-refractivity contribution in [3.8, 4) is 11.6 Å². The summed E-state index contributed by atoms with van der Waals surface area (Å²) in [6.07, 6.45) is -4.44. The highest BCUT2D eigenvalue weighted by Crippen LogP contribution is 2.39. The summed E-state index contributed by atoms with van der Waals surface area (Å²) in [6, 6.07) is 8.66. The number of rotatable bonds is 8. The van der Waals surface area contributed by atoms with Gasteiger partial charge in [-0.05, 0) is 62.6 Å². The van der Waals surface area contributed by atoms with Crippen molar-refractivity contribution in [3.05, 3.63) is 58.7 Å². The van der Waals surface area contributed by atoms with Gasteiger partial charge < -0.3 is 10.2 Å². The number of ketones is 1. The van der Waals surface area contributed by atoms with Crippen LogP contribution in [0, 0.1) is 13.8 Å². The van der Waals surface area contributed by atoms with Gasteiger partial charge in [-0.1, -0.05) is 12.1 Å². The third-order valence-corrected chi connectivity index (χ3v) is 5.44. The van der Waals surface area contributed by atoms with Gasteiger partial charge in [-0.3, -0.25) is 19.1 Å². The summed E-state index contributed by atoms with van der Waals surface area (Å²) in [5, 5.41) is 20.2. The Kier molecular flexibility index (Phi) is 7.14. The van der Waals surface area contributed by atoms with Gasteiger partial charge >= 0.3 is 12.1 Å². The quantitative estimate of drug-likeness (QED) is 0.416. The molecule has 3 aromatic rings. The fraction of sp³-hybridized carbons (Fsp3) is 0.320. The number of hydrogen-bond donors (Lipinski definition) is 2. The van der Waals surface area contributed by atoms with Crippen LogP contribution in [0.2, 0.25) is 0 Å². The summed E-state index contributed by atoms with van der Waals surface area (Å²) < 4.78 is 41.7. The number of aliphatic carboxylic acids is 1. The van der Waals surface area contributed by atoms with E-state index in [4.69, 9.17) is 5.11 Å². The van der Waals surface area contributed by atoms with E-state index in [1.54, 1.807) is 19.1 Å². The molecule has 0 unspecified atom stereocenters. The van der Waals surface area contributed by atoms with E-state index in [1.165, 1.54) is 10.6 Å². The van der Waals surface area contributed by atoms with Gasteiger partial charge in [-0.15, -0.1) is 0 Å². The summed E-state index contributed by atoms with van der Waals surface area (Å²) >= 11 is 0. The van der Waals surface area contributed by atoms with E-state index in [9.17, 15) is 27.9 Å². The Morgan fingerprint density at radius 1 is 1.03 bits per heavy atom. The van der Waals surface area contributed by atoms with E-state index in [2.05, 4.69) is 4.99 Å². The van der Waals surface area contributed by atoms with Gasteiger partial charge in [0.15, 0.2) is 5.78 Å². The lowest BCUT2D eigenvalue weighted by molar-refractivity contribution is -0.138. The second-order valence-corrected chi connectivity index (χ2v) is 8.30. The van der Waals surface area contributed by atoms with Crippen LogP contribution in [0.5, 0.6) is 5.88 Å². The average molecular weight is 474 g/mol. The Labute approximate surface area is 194 Å². The predicted molar refractivity (Wildman–Crippen MR) is 123 cm³/mol. The maximum Gasteiger partial charge on any atom is 0.416 e. The minimum atomic E-state index is -4.56. The zero-order valence-electron chi connectivity index (χ0n) is 19.0. The van der Waals surface area contributed by atoms with Gasteiger partial charge in [0, 0.05) is 29.6 Å². The van der Waals surface area contributed by atoms with Gasteiger partial charge in [0.1, 0.15) is 0 Å². The molecule has 0 fully saturated rings. The topological polar surface area (TPSA) is 91.9 Å². The lowest BCUT2D eigenvalue weighted by atomic mass is 10.1. The van der Waals surface area contributed by atoms with Gasteiger partial charge in [-0.2, -0.15) is 13.2 Å². The van der Waals surface area contributed by atoms with Crippen molar-refractivity contribution in [1.29, 1.82) is 0 Å². The van der Waals surface area contributed by atoms with E-state index in [0.717, 1.165) is 23.3 Å². The molecule has 180 valence electrons. The summed E-state index contributed by atoms with van der Waals surface area (Å²) in [5.74, 6) is -1.54. The molecule has 0 saturated heterocycles. The van der Waals surface area contributed by atoms with Crippen LogP contribution in [0.1, 0.15) is 48.4 Å². The lowest BCUT2D eigenvalue weighted by Gasteiger charge is -2.11. The highest BCUT2D eigenvalue weighted by molar-refractivity contribution is 6.13. The summed E-state index contributed by atoms with van der Waals surface area (Å²) in [6.45, 7) is 5.05. The SMILES string of the molecule is CC(=NCC(=O)CCCC(=O)O)c1c(O)n(-c2cc(C)cc(C)c2)c2cc(C(F)(F)F)ccc12. The molecule has 0 spiro atoms. The maximum absolute atomic E-state index is 13.4. The number of fused-ring (bicyclic) bond motifs is 1. The largest absolute Gasteiger partial charge is 0.494 e. The number of benzene rings is 2.